The zero-order valence-electron chi connectivity index (χ0n) is 9.86. The van der Waals surface area contributed by atoms with Crippen LogP contribution in [0.5, 0.6) is 0 Å². The summed E-state index contributed by atoms with van der Waals surface area (Å²) in [6, 6.07) is 11.0. The van der Waals surface area contributed by atoms with Crippen molar-refractivity contribution in [3.05, 3.63) is 41.1 Å². The van der Waals surface area contributed by atoms with Gasteiger partial charge in [0, 0.05) is 9.64 Å². The van der Waals surface area contributed by atoms with Crippen molar-refractivity contribution in [2.75, 3.05) is 0 Å². The number of hydrogen-bond acceptors (Lipinski definition) is 2. The maximum atomic E-state index is 2.24. The Morgan fingerprint density at radius 2 is 1.62 bits per heavy atom. The predicted molar refractivity (Wildman–Crippen MR) is 75.4 cm³/mol. The molecule has 0 bridgehead atoms. The molecule has 0 radical (unpaired) electrons. The molecule has 1 aromatic heterocycles. The third-order valence-corrected chi connectivity index (χ3v) is 3.94. The average Bonchev–Trinajstić information content (AvgIpc) is 2.69. The minimum Gasteiger partial charge on any atom is -0.152 e. The van der Waals surface area contributed by atoms with Gasteiger partial charge in [0.1, 0.15) is 0 Å². The fraction of sp³-hybridized carbons (Fsp3) is 0.286. The van der Waals surface area contributed by atoms with Crippen molar-refractivity contribution in [2.24, 2.45) is 0 Å². The Morgan fingerprint density at radius 3 is 2.12 bits per heavy atom. The molecule has 84 valence electrons. The molecular formula is C14H16S2. The van der Waals surface area contributed by atoms with Crippen LogP contribution in [-0.4, -0.2) is 4.75 Å². The van der Waals surface area contributed by atoms with E-state index in [0.717, 1.165) is 0 Å². The number of thioether (sulfide) groups is 1. The van der Waals surface area contributed by atoms with Gasteiger partial charge in [-0.15, -0.1) is 11.8 Å². The summed E-state index contributed by atoms with van der Waals surface area (Å²) in [6.07, 6.45) is 0. The van der Waals surface area contributed by atoms with E-state index >= 15 is 0 Å². The highest BCUT2D eigenvalue weighted by atomic mass is 32.2. The molecule has 2 aromatic rings. The standard InChI is InChI=1S/C14H16S2/c1-14(2,3)16-13-6-4-11(5-7-13)12-8-9-15-10-12/h4-10H,1-3H3. The molecule has 0 aliphatic carbocycles. The SMILES string of the molecule is CC(C)(C)Sc1ccc(-c2ccsc2)cc1. The topological polar surface area (TPSA) is 0 Å². The molecule has 0 spiro atoms. The first-order valence-electron chi connectivity index (χ1n) is 5.36. The van der Waals surface area contributed by atoms with Gasteiger partial charge in [-0.1, -0.05) is 32.9 Å². The van der Waals surface area contributed by atoms with Crippen LogP contribution in [0, 0.1) is 0 Å². The Morgan fingerprint density at radius 1 is 0.938 bits per heavy atom. The van der Waals surface area contributed by atoms with Gasteiger partial charge in [-0.3, -0.25) is 0 Å². The molecule has 1 aromatic carbocycles. The van der Waals surface area contributed by atoms with E-state index in [2.05, 4.69) is 61.9 Å². The Kier molecular flexibility index (Phi) is 3.41. The molecule has 0 nitrogen and oxygen atoms in total. The highest BCUT2D eigenvalue weighted by molar-refractivity contribution is 8.00. The van der Waals surface area contributed by atoms with Crippen molar-refractivity contribution in [3.63, 3.8) is 0 Å². The first-order chi connectivity index (χ1) is 7.54. The molecule has 0 N–H and O–H groups in total. The van der Waals surface area contributed by atoms with Gasteiger partial charge in [0.15, 0.2) is 0 Å². The van der Waals surface area contributed by atoms with Gasteiger partial charge < -0.3 is 0 Å². The van der Waals surface area contributed by atoms with Crippen LogP contribution >= 0.6 is 23.1 Å². The Bertz CT molecular complexity index is 433. The van der Waals surface area contributed by atoms with Crippen LogP contribution in [0.4, 0.5) is 0 Å². The van der Waals surface area contributed by atoms with Crippen molar-refractivity contribution in [1.29, 1.82) is 0 Å². The van der Waals surface area contributed by atoms with Crippen LogP contribution in [0.15, 0.2) is 46.0 Å². The van der Waals surface area contributed by atoms with Crippen molar-refractivity contribution < 1.29 is 0 Å². The number of hydrogen-bond donors (Lipinski definition) is 0. The van der Waals surface area contributed by atoms with E-state index in [1.165, 1.54) is 16.0 Å². The van der Waals surface area contributed by atoms with Gasteiger partial charge in [0.2, 0.25) is 0 Å². The molecule has 2 rings (SSSR count). The smallest absolute Gasteiger partial charge is 0.0122 e. The van der Waals surface area contributed by atoms with Gasteiger partial charge >= 0.3 is 0 Å². The molecule has 0 aliphatic heterocycles. The summed E-state index contributed by atoms with van der Waals surface area (Å²) in [6.45, 7) is 6.72. The van der Waals surface area contributed by atoms with Crippen molar-refractivity contribution in [3.8, 4) is 11.1 Å². The molecule has 0 fully saturated rings. The molecule has 16 heavy (non-hydrogen) atoms. The van der Waals surface area contributed by atoms with Crippen molar-refractivity contribution in [2.45, 2.75) is 30.4 Å². The normalized spacial score (nSPS) is 11.7. The second-order valence-corrected chi connectivity index (χ2v) is 7.43. The molecular weight excluding hydrogens is 232 g/mol. The Balaban J connectivity index is 2.17. The van der Waals surface area contributed by atoms with Gasteiger partial charge in [-0.2, -0.15) is 11.3 Å². The summed E-state index contributed by atoms with van der Waals surface area (Å²) in [5.41, 5.74) is 2.62. The monoisotopic (exact) mass is 248 g/mol. The summed E-state index contributed by atoms with van der Waals surface area (Å²) in [5, 5.41) is 4.30. The van der Waals surface area contributed by atoms with E-state index in [0.29, 0.717) is 0 Å². The molecule has 0 atom stereocenters. The maximum absolute atomic E-state index is 2.24. The van der Waals surface area contributed by atoms with Crippen LogP contribution in [0.3, 0.4) is 0 Å². The van der Waals surface area contributed by atoms with E-state index in [1.807, 2.05) is 11.8 Å². The lowest BCUT2D eigenvalue weighted by atomic mass is 10.1. The molecule has 0 amide bonds. The number of rotatable bonds is 2. The minimum atomic E-state index is 0.282. The minimum absolute atomic E-state index is 0.282. The lowest BCUT2D eigenvalue weighted by Gasteiger charge is -2.17. The van der Waals surface area contributed by atoms with Gasteiger partial charge in [-0.05, 0) is 40.1 Å². The van der Waals surface area contributed by atoms with Crippen molar-refractivity contribution in [1.82, 2.24) is 0 Å². The van der Waals surface area contributed by atoms with E-state index in [4.69, 9.17) is 0 Å². The summed E-state index contributed by atoms with van der Waals surface area (Å²) < 4.78 is 0.282. The molecule has 1 heterocycles. The largest absolute Gasteiger partial charge is 0.152 e. The van der Waals surface area contributed by atoms with Crippen LogP contribution in [-0.2, 0) is 0 Å². The third-order valence-electron chi connectivity index (χ3n) is 2.13. The van der Waals surface area contributed by atoms with Crippen molar-refractivity contribution >= 4 is 23.1 Å². The lowest BCUT2D eigenvalue weighted by molar-refractivity contribution is 0.803. The van der Waals surface area contributed by atoms with E-state index in [1.54, 1.807) is 11.3 Å². The number of thiophene rings is 1. The first kappa shape index (κ1) is 11.7. The first-order valence-corrected chi connectivity index (χ1v) is 7.12. The molecule has 0 saturated carbocycles. The zero-order valence-corrected chi connectivity index (χ0v) is 11.5. The second kappa shape index (κ2) is 4.64. The number of benzene rings is 1. The Labute approximate surface area is 106 Å². The van der Waals surface area contributed by atoms with Gasteiger partial charge in [0.25, 0.3) is 0 Å². The lowest BCUT2D eigenvalue weighted by Crippen LogP contribution is -2.06. The predicted octanol–water partition coefficient (Wildman–Crippen LogP) is 5.31. The Hall–Kier alpha value is -0.730. The fourth-order valence-corrected chi connectivity index (χ4v) is 3.14. The molecule has 2 heteroatoms. The molecule has 0 unspecified atom stereocenters. The summed E-state index contributed by atoms with van der Waals surface area (Å²) in [5.74, 6) is 0. The van der Waals surface area contributed by atoms with Gasteiger partial charge in [-0.25, -0.2) is 0 Å². The summed E-state index contributed by atoms with van der Waals surface area (Å²) in [7, 11) is 0. The fourth-order valence-electron chi connectivity index (χ4n) is 1.50. The summed E-state index contributed by atoms with van der Waals surface area (Å²) >= 11 is 3.65. The van der Waals surface area contributed by atoms with E-state index in [9.17, 15) is 0 Å². The quantitative estimate of drug-likeness (QED) is 0.649. The van der Waals surface area contributed by atoms with Crippen LogP contribution in [0.25, 0.3) is 11.1 Å². The molecule has 0 aliphatic rings. The average molecular weight is 248 g/mol. The zero-order chi connectivity index (χ0) is 11.6. The van der Waals surface area contributed by atoms with Crippen LogP contribution < -0.4 is 0 Å². The van der Waals surface area contributed by atoms with Crippen LogP contribution in [0.1, 0.15) is 20.8 Å². The summed E-state index contributed by atoms with van der Waals surface area (Å²) in [4.78, 5) is 1.34. The maximum Gasteiger partial charge on any atom is 0.0122 e. The van der Waals surface area contributed by atoms with Gasteiger partial charge in [0.05, 0.1) is 0 Å². The van der Waals surface area contributed by atoms with E-state index in [-0.39, 0.29) is 4.75 Å². The highest BCUT2D eigenvalue weighted by Gasteiger charge is 2.11. The highest BCUT2D eigenvalue weighted by Crippen LogP contribution is 2.33. The molecule has 0 saturated heterocycles. The van der Waals surface area contributed by atoms with E-state index < -0.39 is 0 Å². The third kappa shape index (κ3) is 3.13. The second-order valence-electron chi connectivity index (χ2n) is 4.75. The van der Waals surface area contributed by atoms with Crippen LogP contribution in [0.2, 0.25) is 0 Å².